The Balaban J connectivity index is 2.03. The highest BCUT2D eigenvalue weighted by Crippen LogP contribution is 2.19. The molecule has 0 saturated carbocycles. The van der Waals surface area contributed by atoms with Crippen LogP contribution in [0.2, 0.25) is 0 Å². The van der Waals surface area contributed by atoms with Crippen molar-refractivity contribution in [1.82, 2.24) is 0 Å². The van der Waals surface area contributed by atoms with Crippen molar-refractivity contribution in [3.05, 3.63) is 65.5 Å². The number of halogens is 2. The summed E-state index contributed by atoms with van der Waals surface area (Å²) in [6, 6.07) is 15.2. The summed E-state index contributed by atoms with van der Waals surface area (Å²) in [7, 11) is 1.97. The van der Waals surface area contributed by atoms with Crippen molar-refractivity contribution in [3.63, 3.8) is 0 Å². The number of alkyl halides is 1. The van der Waals surface area contributed by atoms with E-state index in [0.29, 0.717) is 5.88 Å². The minimum absolute atomic E-state index is 0.236. The fourth-order valence-electron chi connectivity index (χ4n) is 2.00. The molecular weight excluding hydrogens is 261 g/mol. The summed E-state index contributed by atoms with van der Waals surface area (Å²) in [6.07, 6.45) is 0.935. The Morgan fingerprint density at radius 2 is 1.79 bits per heavy atom. The molecule has 0 radical (unpaired) electrons. The maximum atomic E-state index is 13.5. The van der Waals surface area contributed by atoms with Crippen molar-refractivity contribution in [2.45, 2.75) is 12.3 Å². The van der Waals surface area contributed by atoms with Crippen LogP contribution in [0.15, 0.2) is 48.5 Å². The second-order valence-corrected chi connectivity index (χ2v) is 4.88. The minimum Gasteiger partial charge on any atom is -0.374 e. The Morgan fingerprint density at radius 1 is 1.05 bits per heavy atom. The summed E-state index contributed by atoms with van der Waals surface area (Å²) in [6.45, 7) is 0.842. The molecule has 2 aromatic rings. The van der Waals surface area contributed by atoms with Crippen LogP contribution < -0.4 is 4.90 Å². The lowest BCUT2D eigenvalue weighted by Crippen LogP contribution is -2.20. The van der Waals surface area contributed by atoms with Crippen molar-refractivity contribution >= 4 is 17.3 Å². The molecule has 0 atom stereocenters. The molecular formula is C16H17ClFN. The lowest BCUT2D eigenvalue weighted by atomic mass is 10.1. The van der Waals surface area contributed by atoms with E-state index in [-0.39, 0.29) is 5.82 Å². The smallest absolute Gasteiger partial charge is 0.125 e. The van der Waals surface area contributed by atoms with Crippen LogP contribution in [0.5, 0.6) is 0 Å². The van der Waals surface area contributed by atoms with Gasteiger partial charge in [-0.05, 0) is 35.7 Å². The number of hydrogen-bond donors (Lipinski definition) is 0. The van der Waals surface area contributed by atoms with E-state index >= 15 is 0 Å². The van der Waals surface area contributed by atoms with Crippen LogP contribution in [-0.4, -0.2) is 13.6 Å². The maximum absolute atomic E-state index is 13.5. The van der Waals surface area contributed by atoms with Crippen molar-refractivity contribution in [2.24, 2.45) is 0 Å². The molecule has 0 saturated heterocycles. The molecule has 0 N–H and O–H groups in total. The van der Waals surface area contributed by atoms with E-state index in [1.807, 2.05) is 36.2 Å². The molecule has 2 aromatic carbocycles. The molecule has 0 aliphatic heterocycles. The highest BCUT2D eigenvalue weighted by Gasteiger charge is 2.05. The summed E-state index contributed by atoms with van der Waals surface area (Å²) >= 11 is 5.76. The molecule has 3 heteroatoms. The largest absolute Gasteiger partial charge is 0.374 e. The zero-order valence-corrected chi connectivity index (χ0v) is 11.7. The monoisotopic (exact) mass is 277 g/mol. The standard InChI is InChI=1S/C16H17ClFN/c1-19(8-7-13-5-3-2-4-6-13)16-10-14(12-17)9-15(18)11-16/h2-6,9-11H,7-8,12H2,1H3. The first-order chi connectivity index (χ1) is 9.19. The summed E-state index contributed by atoms with van der Waals surface area (Å²) in [5.74, 6) is 0.0943. The normalized spacial score (nSPS) is 10.5. The molecule has 0 aliphatic rings. The number of anilines is 1. The van der Waals surface area contributed by atoms with Gasteiger partial charge in [-0.15, -0.1) is 11.6 Å². The molecule has 0 aromatic heterocycles. The van der Waals surface area contributed by atoms with Gasteiger partial charge in [0, 0.05) is 25.2 Å². The molecule has 2 rings (SSSR count). The van der Waals surface area contributed by atoms with Crippen LogP contribution in [0.1, 0.15) is 11.1 Å². The molecule has 0 aliphatic carbocycles. The Morgan fingerprint density at radius 3 is 2.47 bits per heavy atom. The van der Waals surface area contributed by atoms with Gasteiger partial charge in [0.1, 0.15) is 5.82 Å². The maximum Gasteiger partial charge on any atom is 0.125 e. The van der Waals surface area contributed by atoms with E-state index in [0.717, 1.165) is 24.2 Å². The second-order valence-electron chi connectivity index (χ2n) is 4.61. The van der Waals surface area contributed by atoms with Gasteiger partial charge >= 0.3 is 0 Å². The first-order valence-corrected chi connectivity index (χ1v) is 6.83. The lowest BCUT2D eigenvalue weighted by Gasteiger charge is -2.20. The van der Waals surface area contributed by atoms with E-state index in [4.69, 9.17) is 11.6 Å². The molecule has 0 heterocycles. The van der Waals surface area contributed by atoms with Gasteiger partial charge in [0.15, 0.2) is 0 Å². The van der Waals surface area contributed by atoms with E-state index < -0.39 is 0 Å². The Bertz CT molecular complexity index is 528. The van der Waals surface area contributed by atoms with E-state index in [1.165, 1.54) is 11.6 Å². The van der Waals surface area contributed by atoms with Crippen LogP contribution >= 0.6 is 11.6 Å². The van der Waals surface area contributed by atoms with Crippen molar-refractivity contribution in [2.75, 3.05) is 18.5 Å². The molecule has 0 amide bonds. The van der Waals surface area contributed by atoms with Crippen molar-refractivity contribution in [1.29, 1.82) is 0 Å². The van der Waals surface area contributed by atoms with Crippen LogP contribution in [0, 0.1) is 5.82 Å². The molecule has 0 spiro atoms. The fourth-order valence-corrected chi connectivity index (χ4v) is 2.16. The highest BCUT2D eigenvalue weighted by atomic mass is 35.5. The molecule has 1 nitrogen and oxygen atoms in total. The van der Waals surface area contributed by atoms with Gasteiger partial charge in [0.05, 0.1) is 0 Å². The number of likely N-dealkylation sites (N-methyl/N-ethyl adjacent to an activating group) is 1. The van der Waals surface area contributed by atoms with Gasteiger partial charge in [0.25, 0.3) is 0 Å². The summed E-state index contributed by atoms with van der Waals surface area (Å²) in [4.78, 5) is 2.05. The summed E-state index contributed by atoms with van der Waals surface area (Å²) in [5.41, 5.74) is 2.96. The predicted octanol–water partition coefficient (Wildman–Crippen LogP) is 4.24. The van der Waals surface area contributed by atoms with Crippen molar-refractivity contribution in [3.8, 4) is 0 Å². The van der Waals surface area contributed by atoms with Gasteiger partial charge in [-0.3, -0.25) is 0 Å². The zero-order chi connectivity index (χ0) is 13.7. The molecule has 100 valence electrons. The van der Waals surface area contributed by atoms with Crippen LogP contribution in [0.4, 0.5) is 10.1 Å². The highest BCUT2D eigenvalue weighted by molar-refractivity contribution is 6.17. The third kappa shape index (κ3) is 3.97. The fraction of sp³-hybridized carbons (Fsp3) is 0.250. The average Bonchev–Trinajstić information content (AvgIpc) is 2.45. The second kappa shape index (κ2) is 6.58. The molecule has 0 bridgehead atoms. The molecule has 0 fully saturated rings. The summed E-state index contributed by atoms with van der Waals surface area (Å²) < 4.78 is 13.5. The SMILES string of the molecule is CN(CCc1ccccc1)c1cc(F)cc(CCl)c1. The van der Waals surface area contributed by atoms with Gasteiger partial charge in [-0.25, -0.2) is 4.39 Å². The van der Waals surface area contributed by atoms with Crippen LogP contribution in [0.25, 0.3) is 0 Å². The Hall–Kier alpha value is -1.54. The molecule has 0 unspecified atom stereocenters. The molecule has 19 heavy (non-hydrogen) atoms. The van der Waals surface area contributed by atoms with Gasteiger partial charge in [0.2, 0.25) is 0 Å². The minimum atomic E-state index is -0.236. The first kappa shape index (κ1) is 13.9. The topological polar surface area (TPSA) is 3.24 Å². The number of hydrogen-bond acceptors (Lipinski definition) is 1. The average molecular weight is 278 g/mol. The lowest BCUT2D eigenvalue weighted by molar-refractivity contribution is 0.625. The number of nitrogens with zero attached hydrogens (tertiary/aromatic N) is 1. The van der Waals surface area contributed by atoms with E-state index in [2.05, 4.69) is 12.1 Å². The van der Waals surface area contributed by atoms with Crippen LogP contribution in [0.3, 0.4) is 0 Å². The summed E-state index contributed by atoms with van der Waals surface area (Å²) in [5, 5.41) is 0. The Kier molecular flexibility index (Phi) is 4.80. The third-order valence-electron chi connectivity index (χ3n) is 3.12. The predicted molar refractivity (Wildman–Crippen MR) is 79.4 cm³/mol. The van der Waals surface area contributed by atoms with Crippen LogP contribution in [-0.2, 0) is 12.3 Å². The third-order valence-corrected chi connectivity index (χ3v) is 3.42. The first-order valence-electron chi connectivity index (χ1n) is 6.29. The number of rotatable bonds is 5. The van der Waals surface area contributed by atoms with E-state index in [1.54, 1.807) is 6.07 Å². The van der Waals surface area contributed by atoms with Crippen molar-refractivity contribution < 1.29 is 4.39 Å². The zero-order valence-electron chi connectivity index (χ0n) is 10.9. The van der Waals surface area contributed by atoms with E-state index in [9.17, 15) is 4.39 Å². The Labute approximate surface area is 118 Å². The van der Waals surface area contributed by atoms with Gasteiger partial charge in [-0.2, -0.15) is 0 Å². The van der Waals surface area contributed by atoms with Gasteiger partial charge in [-0.1, -0.05) is 30.3 Å². The quantitative estimate of drug-likeness (QED) is 0.739. The number of benzene rings is 2. The van der Waals surface area contributed by atoms with Gasteiger partial charge < -0.3 is 4.90 Å².